The van der Waals surface area contributed by atoms with Crippen molar-refractivity contribution in [2.75, 3.05) is 58.4 Å². The lowest BCUT2D eigenvalue weighted by molar-refractivity contribution is 0.0947. The Hall–Kier alpha value is -2.84. The number of rotatable bonds is 7. The van der Waals surface area contributed by atoms with Crippen LogP contribution < -0.4 is 19.7 Å². The molecule has 0 radical (unpaired) electrons. The predicted octanol–water partition coefficient (Wildman–Crippen LogP) is 3.17. The number of nitrogens with zero attached hydrogens (tertiary/aromatic N) is 3. The summed E-state index contributed by atoms with van der Waals surface area (Å²) in [5.41, 5.74) is 2.79. The summed E-state index contributed by atoms with van der Waals surface area (Å²) in [6.07, 6.45) is 0. The SMILES string of the molecule is COc1cccc(C(=O)NCCN2CCN(c3nc4c(OC)ccc(C)c4s3)CC2)c1. The molecular weight excluding hydrogens is 412 g/mol. The molecule has 0 saturated carbocycles. The molecule has 7 nitrogen and oxygen atoms in total. The second-order valence-corrected chi connectivity index (χ2v) is 8.55. The normalized spacial score (nSPS) is 14.6. The van der Waals surface area contributed by atoms with Crippen LogP contribution in [-0.4, -0.2) is 69.3 Å². The summed E-state index contributed by atoms with van der Waals surface area (Å²) in [7, 11) is 3.29. The number of nitrogens with one attached hydrogen (secondary N) is 1. The molecule has 0 bridgehead atoms. The van der Waals surface area contributed by atoms with E-state index in [1.165, 1.54) is 10.3 Å². The van der Waals surface area contributed by atoms with Crippen LogP contribution in [0.15, 0.2) is 36.4 Å². The largest absolute Gasteiger partial charge is 0.497 e. The van der Waals surface area contributed by atoms with Crippen LogP contribution in [0.3, 0.4) is 0 Å². The smallest absolute Gasteiger partial charge is 0.251 e. The van der Waals surface area contributed by atoms with Crippen molar-refractivity contribution in [3.8, 4) is 11.5 Å². The Kier molecular flexibility index (Phi) is 6.58. The van der Waals surface area contributed by atoms with Gasteiger partial charge in [-0.3, -0.25) is 9.69 Å². The molecule has 4 rings (SSSR count). The van der Waals surface area contributed by atoms with Gasteiger partial charge >= 0.3 is 0 Å². The fourth-order valence-electron chi connectivity index (χ4n) is 3.76. The van der Waals surface area contributed by atoms with Crippen molar-refractivity contribution in [2.24, 2.45) is 0 Å². The summed E-state index contributed by atoms with van der Waals surface area (Å²) >= 11 is 1.73. The Bertz CT molecular complexity index is 1060. The van der Waals surface area contributed by atoms with Crippen LogP contribution in [0.2, 0.25) is 0 Å². The van der Waals surface area contributed by atoms with Crippen molar-refractivity contribution in [3.05, 3.63) is 47.5 Å². The van der Waals surface area contributed by atoms with E-state index in [0.717, 1.165) is 49.1 Å². The van der Waals surface area contributed by atoms with Gasteiger partial charge in [-0.15, -0.1) is 0 Å². The fraction of sp³-hybridized carbons (Fsp3) is 0.391. The number of aryl methyl sites for hydroxylation is 1. The highest BCUT2D eigenvalue weighted by Gasteiger charge is 2.21. The molecule has 1 aliphatic rings. The molecule has 164 valence electrons. The van der Waals surface area contributed by atoms with Gasteiger partial charge in [0.2, 0.25) is 0 Å². The van der Waals surface area contributed by atoms with Crippen molar-refractivity contribution < 1.29 is 14.3 Å². The molecule has 2 aromatic carbocycles. The van der Waals surface area contributed by atoms with E-state index in [1.807, 2.05) is 18.2 Å². The van der Waals surface area contributed by atoms with Crippen LogP contribution in [0.1, 0.15) is 15.9 Å². The first-order valence-electron chi connectivity index (χ1n) is 10.4. The molecule has 3 aromatic rings. The van der Waals surface area contributed by atoms with E-state index in [-0.39, 0.29) is 5.91 Å². The number of piperazine rings is 1. The number of carbonyl (C=O) groups is 1. The molecule has 0 unspecified atom stereocenters. The van der Waals surface area contributed by atoms with Crippen LogP contribution in [0.25, 0.3) is 10.2 Å². The van der Waals surface area contributed by atoms with E-state index in [1.54, 1.807) is 37.7 Å². The average Bonchev–Trinajstić information content (AvgIpc) is 3.26. The first-order valence-corrected chi connectivity index (χ1v) is 11.2. The van der Waals surface area contributed by atoms with Gasteiger partial charge in [0.25, 0.3) is 5.91 Å². The summed E-state index contributed by atoms with van der Waals surface area (Å²) < 4.78 is 11.9. The number of methoxy groups -OCH3 is 2. The zero-order valence-corrected chi connectivity index (χ0v) is 19.0. The molecule has 1 aliphatic heterocycles. The second kappa shape index (κ2) is 9.53. The topological polar surface area (TPSA) is 66.9 Å². The Labute approximate surface area is 186 Å². The third-order valence-electron chi connectivity index (χ3n) is 5.60. The Morgan fingerprint density at radius 3 is 2.68 bits per heavy atom. The number of aromatic nitrogens is 1. The number of hydrogen-bond acceptors (Lipinski definition) is 7. The second-order valence-electron chi connectivity index (χ2n) is 7.58. The van der Waals surface area contributed by atoms with Gasteiger partial charge < -0.3 is 19.7 Å². The summed E-state index contributed by atoms with van der Waals surface area (Å²) in [5.74, 6) is 1.44. The number of hydrogen-bond donors (Lipinski definition) is 1. The molecule has 1 N–H and O–H groups in total. The number of amides is 1. The number of carbonyl (C=O) groups excluding carboxylic acids is 1. The van der Waals surface area contributed by atoms with Crippen molar-refractivity contribution in [1.29, 1.82) is 0 Å². The van der Waals surface area contributed by atoms with Gasteiger partial charge in [-0.25, -0.2) is 4.98 Å². The lowest BCUT2D eigenvalue weighted by atomic mass is 10.2. The van der Waals surface area contributed by atoms with Crippen LogP contribution in [0.5, 0.6) is 11.5 Å². The van der Waals surface area contributed by atoms with Crippen LogP contribution in [-0.2, 0) is 0 Å². The third-order valence-corrected chi connectivity index (χ3v) is 6.85. The van der Waals surface area contributed by atoms with Gasteiger partial charge in [0.1, 0.15) is 17.0 Å². The quantitative estimate of drug-likeness (QED) is 0.609. The van der Waals surface area contributed by atoms with Gasteiger partial charge in [-0.05, 0) is 36.8 Å². The van der Waals surface area contributed by atoms with Crippen LogP contribution in [0.4, 0.5) is 5.13 Å². The molecule has 2 heterocycles. The van der Waals surface area contributed by atoms with E-state index >= 15 is 0 Å². The molecule has 31 heavy (non-hydrogen) atoms. The van der Waals surface area contributed by atoms with E-state index in [4.69, 9.17) is 14.5 Å². The van der Waals surface area contributed by atoms with E-state index < -0.39 is 0 Å². The number of thiazole rings is 1. The predicted molar refractivity (Wildman–Crippen MR) is 125 cm³/mol. The van der Waals surface area contributed by atoms with E-state index in [9.17, 15) is 4.79 Å². The Morgan fingerprint density at radius 1 is 1.13 bits per heavy atom. The van der Waals surface area contributed by atoms with Crippen LogP contribution >= 0.6 is 11.3 Å². The van der Waals surface area contributed by atoms with Crippen molar-refractivity contribution >= 4 is 32.6 Å². The zero-order valence-electron chi connectivity index (χ0n) is 18.2. The number of fused-ring (bicyclic) bond motifs is 1. The maximum absolute atomic E-state index is 12.3. The van der Waals surface area contributed by atoms with Crippen molar-refractivity contribution in [2.45, 2.75) is 6.92 Å². The third kappa shape index (κ3) is 4.75. The summed E-state index contributed by atoms with van der Waals surface area (Å²) in [4.78, 5) is 21.9. The lowest BCUT2D eigenvalue weighted by Gasteiger charge is -2.34. The monoisotopic (exact) mass is 440 g/mol. The minimum atomic E-state index is -0.0728. The first kappa shape index (κ1) is 21.4. The summed E-state index contributed by atoms with van der Waals surface area (Å²) in [6.45, 7) is 7.30. The van der Waals surface area contributed by atoms with E-state index in [0.29, 0.717) is 17.9 Å². The Balaban J connectivity index is 1.29. The molecule has 0 aliphatic carbocycles. The number of anilines is 1. The maximum Gasteiger partial charge on any atom is 0.251 e. The molecule has 1 amide bonds. The molecular formula is C23H28N4O3S. The molecule has 1 fully saturated rings. The highest BCUT2D eigenvalue weighted by Crippen LogP contribution is 2.36. The van der Waals surface area contributed by atoms with Crippen LogP contribution in [0, 0.1) is 6.92 Å². The minimum absolute atomic E-state index is 0.0728. The van der Waals surface area contributed by atoms with Gasteiger partial charge in [-0.2, -0.15) is 0 Å². The van der Waals surface area contributed by atoms with Crippen molar-refractivity contribution in [1.82, 2.24) is 15.2 Å². The number of benzene rings is 2. The van der Waals surface area contributed by atoms with Crippen molar-refractivity contribution in [3.63, 3.8) is 0 Å². The van der Waals surface area contributed by atoms with Gasteiger partial charge in [-0.1, -0.05) is 23.5 Å². The Morgan fingerprint density at radius 2 is 1.94 bits per heavy atom. The molecule has 1 saturated heterocycles. The summed E-state index contributed by atoms with van der Waals surface area (Å²) in [6, 6.07) is 11.3. The van der Waals surface area contributed by atoms with E-state index in [2.05, 4.69) is 28.1 Å². The van der Waals surface area contributed by atoms with Gasteiger partial charge in [0.15, 0.2) is 5.13 Å². The molecule has 8 heteroatoms. The van der Waals surface area contributed by atoms with Gasteiger partial charge in [0.05, 0.1) is 18.9 Å². The maximum atomic E-state index is 12.3. The molecule has 1 aromatic heterocycles. The molecule has 0 spiro atoms. The highest BCUT2D eigenvalue weighted by atomic mass is 32.1. The lowest BCUT2D eigenvalue weighted by Crippen LogP contribution is -2.48. The average molecular weight is 441 g/mol. The fourth-order valence-corrected chi connectivity index (χ4v) is 4.86. The van der Waals surface area contributed by atoms with Gasteiger partial charge in [0, 0.05) is 44.8 Å². The summed E-state index contributed by atoms with van der Waals surface area (Å²) in [5, 5.41) is 4.05. The standard InChI is InChI=1S/C23H28N4O3S/c1-16-7-8-19(30-3)20-21(16)31-23(25-20)27-13-11-26(12-14-27)10-9-24-22(28)17-5-4-6-18(15-17)29-2/h4-8,15H,9-14H2,1-3H3,(H,24,28). The first-order chi connectivity index (χ1) is 15.1. The molecule has 0 atom stereocenters. The highest BCUT2D eigenvalue weighted by molar-refractivity contribution is 7.22. The minimum Gasteiger partial charge on any atom is -0.497 e. The number of ether oxygens (including phenoxy) is 2. The zero-order chi connectivity index (χ0) is 21.8.